The molecule has 0 atom stereocenters. The molecular formula is C12H10N4. The average Bonchev–Trinajstić information content (AvgIpc) is 2.72. The van der Waals surface area contributed by atoms with E-state index in [-0.39, 0.29) is 0 Å². The van der Waals surface area contributed by atoms with Gasteiger partial charge < -0.3 is 5.73 Å². The van der Waals surface area contributed by atoms with Crippen molar-refractivity contribution in [3.8, 4) is 5.82 Å². The van der Waals surface area contributed by atoms with Crippen molar-refractivity contribution < 1.29 is 0 Å². The molecule has 3 aromatic rings. The fourth-order valence-electron chi connectivity index (χ4n) is 1.72. The molecule has 0 spiro atoms. The summed E-state index contributed by atoms with van der Waals surface area (Å²) in [5.41, 5.74) is 7.64. The van der Waals surface area contributed by atoms with Gasteiger partial charge in [0.05, 0.1) is 11.0 Å². The van der Waals surface area contributed by atoms with E-state index in [4.69, 9.17) is 5.73 Å². The van der Waals surface area contributed by atoms with Gasteiger partial charge >= 0.3 is 0 Å². The second kappa shape index (κ2) is 3.34. The number of nitrogen functional groups attached to an aromatic ring is 1. The van der Waals surface area contributed by atoms with Crippen molar-refractivity contribution in [3.05, 3.63) is 48.8 Å². The van der Waals surface area contributed by atoms with E-state index in [1.165, 1.54) is 0 Å². The van der Waals surface area contributed by atoms with Gasteiger partial charge in [-0.1, -0.05) is 18.2 Å². The summed E-state index contributed by atoms with van der Waals surface area (Å²) in [4.78, 5) is 8.57. The molecule has 2 heterocycles. The number of fused-ring (bicyclic) bond motifs is 1. The highest BCUT2D eigenvalue weighted by molar-refractivity contribution is 5.76. The van der Waals surface area contributed by atoms with E-state index in [1.54, 1.807) is 12.4 Å². The van der Waals surface area contributed by atoms with Crippen LogP contribution in [0.25, 0.3) is 16.9 Å². The summed E-state index contributed by atoms with van der Waals surface area (Å²) in [5.74, 6) is 1.30. The predicted octanol–water partition coefficient (Wildman–Crippen LogP) is 2.00. The van der Waals surface area contributed by atoms with E-state index < -0.39 is 0 Å². The molecule has 0 aliphatic heterocycles. The van der Waals surface area contributed by atoms with Crippen LogP contribution in [0.5, 0.6) is 0 Å². The lowest BCUT2D eigenvalue weighted by atomic mass is 10.3. The fraction of sp³-hybridized carbons (Fsp3) is 0. The fourth-order valence-corrected chi connectivity index (χ4v) is 1.72. The first kappa shape index (κ1) is 8.91. The number of hydrogen-bond donors (Lipinski definition) is 1. The number of pyridine rings is 1. The van der Waals surface area contributed by atoms with Crippen molar-refractivity contribution in [1.82, 2.24) is 14.5 Å². The quantitative estimate of drug-likeness (QED) is 0.668. The van der Waals surface area contributed by atoms with Gasteiger partial charge in [-0.25, -0.2) is 9.97 Å². The van der Waals surface area contributed by atoms with Crippen molar-refractivity contribution in [2.24, 2.45) is 0 Å². The molecule has 2 N–H and O–H groups in total. The van der Waals surface area contributed by atoms with Crippen LogP contribution in [0.3, 0.4) is 0 Å². The maximum atomic E-state index is 5.66. The van der Waals surface area contributed by atoms with Gasteiger partial charge in [0.25, 0.3) is 0 Å². The van der Waals surface area contributed by atoms with Gasteiger partial charge in [0, 0.05) is 0 Å². The van der Waals surface area contributed by atoms with Crippen LogP contribution in [0.2, 0.25) is 0 Å². The lowest BCUT2D eigenvalue weighted by molar-refractivity contribution is 1.03. The molecule has 0 amide bonds. The zero-order valence-electron chi connectivity index (χ0n) is 8.54. The van der Waals surface area contributed by atoms with Crippen molar-refractivity contribution in [3.63, 3.8) is 0 Å². The van der Waals surface area contributed by atoms with Gasteiger partial charge in [-0.3, -0.25) is 4.57 Å². The Kier molecular flexibility index (Phi) is 1.86. The topological polar surface area (TPSA) is 56.7 Å². The molecule has 0 bridgehead atoms. The maximum Gasteiger partial charge on any atom is 0.140 e. The first-order valence-electron chi connectivity index (χ1n) is 4.99. The monoisotopic (exact) mass is 210 g/mol. The van der Waals surface area contributed by atoms with Gasteiger partial charge in [-0.05, 0) is 24.3 Å². The highest BCUT2D eigenvalue weighted by atomic mass is 15.1. The highest BCUT2D eigenvalue weighted by Gasteiger charge is 2.04. The summed E-state index contributed by atoms with van der Waals surface area (Å²) in [6, 6.07) is 13.5. The van der Waals surface area contributed by atoms with Crippen LogP contribution in [-0.4, -0.2) is 14.5 Å². The third-order valence-electron chi connectivity index (χ3n) is 2.46. The Bertz CT molecular complexity index is 642. The number of nitrogens with two attached hydrogens (primary N) is 1. The third kappa shape index (κ3) is 1.32. The molecule has 0 unspecified atom stereocenters. The van der Waals surface area contributed by atoms with Crippen molar-refractivity contribution in [1.29, 1.82) is 0 Å². The summed E-state index contributed by atoms with van der Waals surface area (Å²) in [6.07, 6.45) is 1.76. The Balaban J connectivity index is 2.26. The Morgan fingerprint density at radius 2 is 1.88 bits per heavy atom. The number of rotatable bonds is 1. The number of imidazole rings is 1. The van der Waals surface area contributed by atoms with Crippen LogP contribution in [-0.2, 0) is 0 Å². The number of para-hydroxylation sites is 2. The lowest BCUT2D eigenvalue weighted by Crippen LogP contribution is -1.98. The minimum absolute atomic E-state index is 0.510. The molecule has 1 aromatic carbocycles. The minimum Gasteiger partial charge on any atom is -0.384 e. The highest BCUT2D eigenvalue weighted by Crippen LogP contribution is 2.16. The summed E-state index contributed by atoms with van der Waals surface area (Å²) in [7, 11) is 0. The van der Waals surface area contributed by atoms with Gasteiger partial charge in [-0.15, -0.1) is 0 Å². The summed E-state index contributed by atoms with van der Waals surface area (Å²) in [6.45, 7) is 0. The molecule has 0 aliphatic carbocycles. The van der Waals surface area contributed by atoms with Crippen LogP contribution in [0.15, 0.2) is 48.8 Å². The van der Waals surface area contributed by atoms with Gasteiger partial charge in [0.1, 0.15) is 18.0 Å². The molecule has 0 radical (unpaired) electrons. The van der Waals surface area contributed by atoms with E-state index >= 15 is 0 Å². The molecule has 0 aliphatic rings. The summed E-state index contributed by atoms with van der Waals surface area (Å²) in [5, 5.41) is 0. The Morgan fingerprint density at radius 1 is 1.00 bits per heavy atom. The number of anilines is 1. The van der Waals surface area contributed by atoms with E-state index in [9.17, 15) is 0 Å². The van der Waals surface area contributed by atoms with E-state index in [0.29, 0.717) is 5.82 Å². The molecule has 78 valence electrons. The number of benzene rings is 1. The first-order valence-corrected chi connectivity index (χ1v) is 4.99. The summed E-state index contributed by atoms with van der Waals surface area (Å²) < 4.78 is 1.92. The van der Waals surface area contributed by atoms with Crippen LogP contribution in [0.1, 0.15) is 0 Å². The molecule has 4 nitrogen and oxygen atoms in total. The Labute approximate surface area is 92.4 Å². The van der Waals surface area contributed by atoms with Gasteiger partial charge in [0.15, 0.2) is 0 Å². The Morgan fingerprint density at radius 3 is 2.75 bits per heavy atom. The smallest absolute Gasteiger partial charge is 0.140 e. The standard InChI is InChI=1S/C12H10N4/c13-11-6-3-7-12(15-11)16-8-14-9-4-1-2-5-10(9)16/h1-8H,(H2,13,15). The average molecular weight is 210 g/mol. The number of nitrogens with zero attached hydrogens (tertiary/aromatic N) is 3. The lowest BCUT2D eigenvalue weighted by Gasteiger charge is -2.03. The zero-order chi connectivity index (χ0) is 11.0. The Hall–Kier alpha value is -2.36. The molecule has 3 rings (SSSR count). The van der Waals surface area contributed by atoms with E-state index in [2.05, 4.69) is 9.97 Å². The molecule has 0 saturated carbocycles. The molecule has 0 saturated heterocycles. The largest absolute Gasteiger partial charge is 0.384 e. The normalized spacial score (nSPS) is 10.8. The van der Waals surface area contributed by atoms with Crippen molar-refractivity contribution in [2.75, 3.05) is 5.73 Å². The third-order valence-corrected chi connectivity index (χ3v) is 2.46. The van der Waals surface area contributed by atoms with Gasteiger partial charge in [0.2, 0.25) is 0 Å². The van der Waals surface area contributed by atoms with Crippen LogP contribution in [0.4, 0.5) is 5.82 Å². The number of hydrogen-bond acceptors (Lipinski definition) is 3. The summed E-state index contributed by atoms with van der Waals surface area (Å²) >= 11 is 0. The molecule has 2 aromatic heterocycles. The van der Waals surface area contributed by atoms with Crippen molar-refractivity contribution in [2.45, 2.75) is 0 Å². The second-order valence-corrected chi connectivity index (χ2v) is 3.52. The van der Waals surface area contributed by atoms with E-state index in [1.807, 2.05) is 41.0 Å². The maximum absolute atomic E-state index is 5.66. The second-order valence-electron chi connectivity index (χ2n) is 3.52. The van der Waals surface area contributed by atoms with Crippen molar-refractivity contribution >= 4 is 16.9 Å². The predicted molar refractivity (Wildman–Crippen MR) is 63.3 cm³/mol. The first-order chi connectivity index (χ1) is 7.84. The molecule has 0 fully saturated rings. The number of aromatic nitrogens is 3. The zero-order valence-corrected chi connectivity index (χ0v) is 8.54. The van der Waals surface area contributed by atoms with Gasteiger partial charge in [-0.2, -0.15) is 0 Å². The minimum atomic E-state index is 0.510. The molecular weight excluding hydrogens is 200 g/mol. The van der Waals surface area contributed by atoms with Crippen LogP contribution < -0.4 is 5.73 Å². The molecule has 16 heavy (non-hydrogen) atoms. The SMILES string of the molecule is Nc1cccc(-n2cnc3ccccc32)n1. The van der Waals surface area contributed by atoms with Crippen LogP contribution >= 0.6 is 0 Å². The van der Waals surface area contributed by atoms with Crippen LogP contribution in [0, 0.1) is 0 Å². The van der Waals surface area contributed by atoms with E-state index in [0.717, 1.165) is 16.9 Å². The molecule has 4 heteroatoms.